The topological polar surface area (TPSA) is 0 Å². The van der Waals surface area contributed by atoms with Gasteiger partial charge in [-0.3, -0.25) is 0 Å². The first-order chi connectivity index (χ1) is 11.8. The summed E-state index contributed by atoms with van der Waals surface area (Å²) in [6.45, 7) is 6.77. The number of halogens is 2. The largest absolute Gasteiger partial charge is 0.166 e. The molecule has 3 rings (SSSR count). The standard InChI is InChI=1S/C22H21Br2S/c1-22(2,3)16-4-10-19(11-5-16)25(20-12-6-17(23)7-13-20)21-14-8-18(24)9-15-21/h4-15H,1-3H3/q+1. The summed E-state index contributed by atoms with van der Waals surface area (Å²) < 4.78 is 2.22. The van der Waals surface area contributed by atoms with Crippen LogP contribution < -0.4 is 0 Å². The number of benzene rings is 3. The molecule has 0 atom stereocenters. The van der Waals surface area contributed by atoms with Crippen LogP contribution in [0.2, 0.25) is 0 Å². The van der Waals surface area contributed by atoms with E-state index in [2.05, 4.69) is 125 Å². The average molecular weight is 477 g/mol. The molecule has 128 valence electrons. The number of rotatable bonds is 3. The van der Waals surface area contributed by atoms with Crippen molar-refractivity contribution in [2.45, 2.75) is 40.9 Å². The van der Waals surface area contributed by atoms with Crippen molar-refractivity contribution < 1.29 is 0 Å². The van der Waals surface area contributed by atoms with Gasteiger partial charge in [0.05, 0.1) is 10.9 Å². The Balaban J connectivity index is 2.07. The first-order valence-electron chi connectivity index (χ1n) is 8.20. The molecule has 0 saturated heterocycles. The summed E-state index contributed by atoms with van der Waals surface area (Å²) in [6, 6.07) is 26.5. The number of hydrogen-bond donors (Lipinski definition) is 0. The van der Waals surface area contributed by atoms with Gasteiger partial charge in [0.15, 0.2) is 14.7 Å². The van der Waals surface area contributed by atoms with E-state index in [-0.39, 0.29) is 16.3 Å². The molecule has 0 fully saturated rings. The van der Waals surface area contributed by atoms with Crippen molar-refractivity contribution in [1.82, 2.24) is 0 Å². The van der Waals surface area contributed by atoms with Gasteiger partial charge in [0.25, 0.3) is 0 Å². The molecule has 0 unspecified atom stereocenters. The highest BCUT2D eigenvalue weighted by atomic mass is 79.9. The molecule has 0 aliphatic rings. The highest BCUT2D eigenvalue weighted by Gasteiger charge is 2.29. The quantitative estimate of drug-likeness (QED) is 0.341. The zero-order valence-electron chi connectivity index (χ0n) is 14.6. The van der Waals surface area contributed by atoms with Crippen molar-refractivity contribution >= 4 is 42.8 Å². The Morgan fingerprint density at radius 1 is 0.560 bits per heavy atom. The second-order valence-electron chi connectivity index (χ2n) is 6.99. The molecule has 0 nitrogen and oxygen atoms in total. The lowest BCUT2D eigenvalue weighted by molar-refractivity contribution is 0.589. The molecular formula is C22H21Br2S+. The van der Waals surface area contributed by atoms with E-state index in [4.69, 9.17) is 0 Å². The van der Waals surface area contributed by atoms with Gasteiger partial charge >= 0.3 is 0 Å². The van der Waals surface area contributed by atoms with Crippen molar-refractivity contribution in [3.05, 3.63) is 87.3 Å². The third kappa shape index (κ3) is 4.58. The van der Waals surface area contributed by atoms with E-state index in [1.807, 2.05) is 0 Å². The van der Waals surface area contributed by atoms with Crippen LogP contribution in [0.3, 0.4) is 0 Å². The minimum atomic E-state index is -0.108. The molecule has 0 amide bonds. The van der Waals surface area contributed by atoms with Gasteiger partial charge in [-0.25, -0.2) is 0 Å². The van der Waals surface area contributed by atoms with Crippen LogP contribution in [0, 0.1) is 0 Å². The maximum atomic E-state index is 3.54. The summed E-state index contributed by atoms with van der Waals surface area (Å²) in [5, 5.41) is 0. The number of hydrogen-bond acceptors (Lipinski definition) is 0. The van der Waals surface area contributed by atoms with Gasteiger partial charge in [0, 0.05) is 8.95 Å². The first-order valence-corrected chi connectivity index (χ1v) is 11.0. The molecule has 0 aromatic heterocycles. The van der Waals surface area contributed by atoms with E-state index in [0.717, 1.165) is 8.95 Å². The SMILES string of the molecule is CC(C)(C)c1ccc([S+](c2ccc(Br)cc2)c2ccc(Br)cc2)cc1. The van der Waals surface area contributed by atoms with Gasteiger partial charge in [0.2, 0.25) is 0 Å². The fraction of sp³-hybridized carbons (Fsp3) is 0.182. The lowest BCUT2D eigenvalue weighted by atomic mass is 9.87. The molecule has 3 aromatic rings. The molecule has 0 N–H and O–H groups in total. The lowest BCUT2D eigenvalue weighted by Crippen LogP contribution is -2.11. The molecule has 0 radical (unpaired) electrons. The second kappa shape index (κ2) is 7.69. The summed E-state index contributed by atoms with van der Waals surface area (Å²) in [5.41, 5.74) is 1.54. The van der Waals surface area contributed by atoms with Crippen LogP contribution in [0.25, 0.3) is 0 Å². The maximum absolute atomic E-state index is 3.54. The smallest absolute Gasteiger partial charge is 0.0561 e. The van der Waals surface area contributed by atoms with E-state index in [1.54, 1.807) is 0 Å². The molecule has 3 heteroatoms. The zero-order valence-corrected chi connectivity index (χ0v) is 18.6. The summed E-state index contributed by atoms with van der Waals surface area (Å²) in [5.74, 6) is 0. The zero-order chi connectivity index (χ0) is 18.0. The second-order valence-corrected chi connectivity index (χ2v) is 10.8. The Labute approximate surface area is 170 Å². The summed E-state index contributed by atoms with van der Waals surface area (Å²) in [6.07, 6.45) is 0. The molecule has 0 heterocycles. The van der Waals surface area contributed by atoms with Gasteiger partial charge in [-0.05, 0) is 71.6 Å². The van der Waals surface area contributed by atoms with Gasteiger partial charge in [-0.15, -0.1) is 0 Å². The van der Waals surface area contributed by atoms with Crippen molar-refractivity contribution in [2.24, 2.45) is 0 Å². The Morgan fingerprint density at radius 2 is 0.880 bits per heavy atom. The van der Waals surface area contributed by atoms with Gasteiger partial charge in [-0.2, -0.15) is 0 Å². The fourth-order valence-electron chi connectivity index (χ4n) is 2.64. The molecule has 25 heavy (non-hydrogen) atoms. The monoisotopic (exact) mass is 475 g/mol. The average Bonchev–Trinajstić information content (AvgIpc) is 2.58. The molecule has 0 bridgehead atoms. The van der Waals surface area contributed by atoms with E-state index in [9.17, 15) is 0 Å². The van der Waals surface area contributed by atoms with Crippen molar-refractivity contribution in [3.8, 4) is 0 Å². The molecule has 3 aromatic carbocycles. The van der Waals surface area contributed by atoms with Crippen LogP contribution in [0.15, 0.2) is 96.4 Å². The van der Waals surface area contributed by atoms with Gasteiger partial charge in [-0.1, -0.05) is 64.8 Å². The summed E-state index contributed by atoms with van der Waals surface area (Å²) >= 11 is 7.09. The van der Waals surface area contributed by atoms with Crippen LogP contribution >= 0.6 is 31.9 Å². The Morgan fingerprint density at radius 3 is 1.20 bits per heavy atom. The Bertz CT molecular complexity index is 784. The first kappa shape index (κ1) is 18.8. The van der Waals surface area contributed by atoms with Crippen molar-refractivity contribution in [2.75, 3.05) is 0 Å². The van der Waals surface area contributed by atoms with Crippen molar-refractivity contribution in [3.63, 3.8) is 0 Å². The molecular weight excluding hydrogens is 456 g/mol. The van der Waals surface area contributed by atoms with E-state index in [0.29, 0.717) is 0 Å². The predicted molar refractivity (Wildman–Crippen MR) is 116 cm³/mol. The fourth-order valence-corrected chi connectivity index (χ4v) is 5.21. The van der Waals surface area contributed by atoms with Crippen LogP contribution in [-0.4, -0.2) is 0 Å². The van der Waals surface area contributed by atoms with Gasteiger partial charge in [0.1, 0.15) is 0 Å². The van der Waals surface area contributed by atoms with Crippen molar-refractivity contribution in [1.29, 1.82) is 0 Å². The molecule has 0 aliphatic carbocycles. The molecule has 0 aliphatic heterocycles. The van der Waals surface area contributed by atoms with Gasteiger partial charge < -0.3 is 0 Å². The lowest BCUT2D eigenvalue weighted by Gasteiger charge is -2.19. The minimum Gasteiger partial charge on any atom is -0.0561 e. The van der Waals surface area contributed by atoms with Crippen LogP contribution in [0.5, 0.6) is 0 Å². The normalized spacial score (nSPS) is 11.8. The maximum Gasteiger partial charge on any atom is 0.166 e. The van der Waals surface area contributed by atoms with E-state index < -0.39 is 0 Å². The highest BCUT2D eigenvalue weighted by Crippen LogP contribution is 2.34. The Hall–Kier alpha value is -1.03. The predicted octanol–water partition coefficient (Wildman–Crippen LogP) is 7.60. The van der Waals surface area contributed by atoms with E-state index in [1.165, 1.54) is 20.2 Å². The third-order valence-corrected chi connectivity index (χ3v) is 7.34. The molecule has 0 saturated carbocycles. The van der Waals surface area contributed by atoms with Crippen LogP contribution in [0.4, 0.5) is 0 Å². The van der Waals surface area contributed by atoms with Crippen LogP contribution in [-0.2, 0) is 16.3 Å². The third-order valence-electron chi connectivity index (χ3n) is 4.05. The van der Waals surface area contributed by atoms with Crippen LogP contribution in [0.1, 0.15) is 26.3 Å². The van der Waals surface area contributed by atoms with E-state index >= 15 is 0 Å². The highest BCUT2D eigenvalue weighted by molar-refractivity contribution is 9.10. The Kier molecular flexibility index (Phi) is 5.77. The summed E-state index contributed by atoms with van der Waals surface area (Å²) in [4.78, 5) is 4.00. The minimum absolute atomic E-state index is 0.108. The summed E-state index contributed by atoms with van der Waals surface area (Å²) in [7, 11) is -0.108. The molecule has 0 spiro atoms.